The Kier molecular flexibility index (Phi) is 15.6. The molecule has 3 heteroatoms. The maximum atomic E-state index is 8.88. The third-order valence-corrected chi connectivity index (χ3v) is 2.53. The smallest absolute Gasteiger partial charge is 0.0829 e. The molecule has 0 aromatic rings. The molecular formula is C13H26O3. The highest BCUT2D eigenvalue weighted by Crippen LogP contribution is 2.17. The molecule has 2 atom stereocenters. The van der Waals surface area contributed by atoms with Crippen LogP contribution < -0.4 is 0 Å². The van der Waals surface area contributed by atoms with Gasteiger partial charge in [0, 0.05) is 13.2 Å². The Balaban J connectivity index is 0. The predicted molar refractivity (Wildman–Crippen MR) is 67.8 cm³/mol. The zero-order chi connectivity index (χ0) is 12.8. The van der Waals surface area contributed by atoms with Crippen LogP contribution in [0.25, 0.3) is 0 Å². The molecule has 0 aliphatic carbocycles. The molecule has 0 bridgehead atoms. The fourth-order valence-corrected chi connectivity index (χ4v) is 1.28. The van der Waals surface area contributed by atoms with Crippen molar-refractivity contribution in [2.45, 2.75) is 33.1 Å². The topological polar surface area (TPSA) is 49.7 Å². The molecule has 0 spiro atoms. The van der Waals surface area contributed by atoms with Crippen molar-refractivity contribution in [3.8, 4) is 0 Å². The van der Waals surface area contributed by atoms with Gasteiger partial charge in [0.15, 0.2) is 0 Å². The molecular weight excluding hydrogens is 204 g/mol. The third-order valence-electron chi connectivity index (χ3n) is 2.53. The van der Waals surface area contributed by atoms with Gasteiger partial charge in [-0.1, -0.05) is 39.8 Å². The summed E-state index contributed by atoms with van der Waals surface area (Å²) in [6.07, 6.45) is 5.60. The SMILES string of the molecule is C=COC=C.CCC(CO)CC(CC)CO. The van der Waals surface area contributed by atoms with Crippen LogP contribution in [0.3, 0.4) is 0 Å². The van der Waals surface area contributed by atoms with Gasteiger partial charge in [-0.15, -0.1) is 0 Å². The largest absolute Gasteiger partial charge is 0.474 e. The summed E-state index contributed by atoms with van der Waals surface area (Å²) in [7, 11) is 0. The van der Waals surface area contributed by atoms with Crippen LogP contribution in [0, 0.1) is 11.8 Å². The highest BCUT2D eigenvalue weighted by atomic mass is 16.5. The van der Waals surface area contributed by atoms with Gasteiger partial charge in [-0.2, -0.15) is 0 Å². The molecule has 0 radical (unpaired) electrons. The molecule has 0 aromatic heterocycles. The van der Waals surface area contributed by atoms with Crippen molar-refractivity contribution < 1.29 is 14.9 Å². The average Bonchev–Trinajstić information content (AvgIpc) is 2.33. The Morgan fingerprint density at radius 3 is 1.50 bits per heavy atom. The number of aliphatic hydroxyl groups is 2. The molecule has 16 heavy (non-hydrogen) atoms. The quantitative estimate of drug-likeness (QED) is 0.630. The molecule has 2 N–H and O–H groups in total. The van der Waals surface area contributed by atoms with E-state index in [4.69, 9.17) is 10.2 Å². The van der Waals surface area contributed by atoms with E-state index in [0.29, 0.717) is 11.8 Å². The van der Waals surface area contributed by atoms with E-state index in [1.807, 2.05) is 0 Å². The standard InChI is InChI=1S/C9H20O2.C4H6O/c1-3-8(6-10)5-9(4-2)7-11;1-3-5-4-2/h8-11H,3-7H2,1-2H3;3-4H,1-2H2. The van der Waals surface area contributed by atoms with Gasteiger partial charge in [-0.3, -0.25) is 0 Å². The molecule has 0 heterocycles. The van der Waals surface area contributed by atoms with Crippen LogP contribution in [-0.4, -0.2) is 23.4 Å². The Morgan fingerprint density at radius 2 is 1.38 bits per heavy atom. The monoisotopic (exact) mass is 230 g/mol. The van der Waals surface area contributed by atoms with Crippen LogP contribution in [0.15, 0.2) is 25.7 Å². The van der Waals surface area contributed by atoms with Crippen LogP contribution in [-0.2, 0) is 4.74 Å². The second-order valence-corrected chi connectivity index (χ2v) is 3.62. The first kappa shape index (κ1) is 17.6. The van der Waals surface area contributed by atoms with Crippen molar-refractivity contribution >= 4 is 0 Å². The van der Waals surface area contributed by atoms with Gasteiger partial charge >= 0.3 is 0 Å². The summed E-state index contributed by atoms with van der Waals surface area (Å²) >= 11 is 0. The summed E-state index contributed by atoms with van der Waals surface area (Å²) in [5.74, 6) is 0.763. The normalized spacial score (nSPS) is 13.0. The lowest BCUT2D eigenvalue weighted by Crippen LogP contribution is -2.14. The second kappa shape index (κ2) is 14.2. The molecule has 3 nitrogen and oxygen atoms in total. The first-order valence-electron chi connectivity index (χ1n) is 5.78. The fourth-order valence-electron chi connectivity index (χ4n) is 1.28. The Hall–Kier alpha value is -0.800. The lowest BCUT2D eigenvalue weighted by molar-refractivity contribution is 0.156. The summed E-state index contributed by atoms with van der Waals surface area (Å²) in [5.41, 5.74) is 0. The van der Waals surface area contributed by atoms with Crippen LogP contribution in [0.4, 0.5) is 0 Å². The zero-order valence-electron chi connectivity index (χ0n) is 10.6. The molecule has 0 amide bonds. The average molecular weight is 230 g/mol. The molecule has 0 aliphatic rings. The molecule has 0 rings (SSSR count). The maximum Gasteiger partial charge on any atom is 0.0829 e. The van der Waals surface area contributed by atoms with E-state index in [1.54, 1.807) is 0 Å². The molecule has 2 unspecified atom stereocenters. The van der Waals surface area contributed by atoms with Crippen LogP contribution >= 0.6 is 0 Å². The predicted octanol–water partition coefficient (Wildman–Crippen LogP) is 2.70. The van der Waals surface area contributed by atoms with Gasteiger partial charge in [-0.05, 0) is 18.3 Å². The Morgan fingerprint density at radius 1 is 1.00 bits per heavy atom. The summed E-state index contributed by atoms with van der Waals surface area (Å²) in [4.78, 5) is 0. The summed E-state index contributed by atoms with van der Waals surface area (Å²) in [6, 6.07) is 0. The summed E-state index contributed by atoms with van der Waals surface area (Å²) in [6.45, 7) is 11.2. The minimum atomic E-state index is 0.257. The summed E-state index contributed by atoms with van der Waals surface area (Å²) < 4.78 is 4.36. The van der Waals surface area contributed by atoms with Crippen molar-refractivity contribution in [2.24, 2.45) is 11.8 Å². The van der Waals surface area contributed by atoms with E-state index in [0.717, 1.165) is 19.3 Å². The Bertz CT molecular complexity index is 133. The van der Waals surface area contributed by atoms with Crippen LogP contribution in [0.5, 0.6) is 0 Å². The van der Waals surface area contributed by atoms with Gasteiger partial charge in [0.1, 0.15) is 0 Å². The van der Waals surface area contributed by atoms with E-state index in [2.05, 4.69) is 31.7 Å². The first-order chi connectivity index (χ1) is 7.69. The van der Waals surface area contributed by atoms with Crippen molar-refractivity contribution in [3.63, 3.8) is 0 Å². The van der Waals surface area contributed by atoms with Gasteiger partial charge < -0.3 is 14.9 Å². The molecule has 96 valence electrons. The van der Waals surface area contributed by atoms with E-state index < -0.39 is 0 Å². The fraction of sp³-hybridized carbons (Fsp3) is 0.692. The number of rotatable bonds is 8. The van der Waals surface area contributed by atoms with Crippen molar-refractivity contribution in [2.75, 3.05) is 13.2 Å². The number of hydrogen-bond acceptors (Lipinski definition) is 3. The van der Waals surface area contributed by atoms with E-state index in [1.165, 1.54) is 12.5 Å². The van der Waals surface area contributed by atoms with Crippen molar-refractivity contribution in [1.29, 1.82) is 0 Å². The van der Waals surface area contributed by atoms with E-state index in [9.17, 15) is 0 Å². The second-order valence-electron chi connectivity index (χ2n) is 3.62. The van der Waals surface area contributed by atoms with Gasteiger partial charge in [0.25, 0.3) is 0 Å². The molecule has 0 fully saturated rings. The third kappa shape index (κ3) is 11.3. The van der Waals surface area contributed by atoms with E-state index in [-0.39, 0.29) is 13.2 Å². The lowest BCUT2D eigenvalue weighted by atomic mass is 9.92. The van der Waals surface area contributed by atoms with Gasteiger partial charge in [0.05, 0.1) is 12.5 Å². The molecule has 0 saturated heterocycles. The summed E-state index contributed by atoms with van der Waals surface area (Å²) in [5, 5.41) is 17.8. The highest BCUT2D eigenvalue weighted by Gasteiger charge is 2.11. The van der Waals surface area contributed by atoms with Crippen LogP contribution in [0.1, 0.15) is 33.1 Å². The zero-order valence-corrected chi connectivity index (χ0v) is 10.6. The first-order valence-corrected chi connectivity index (χ1v) is 5.78. The number of aliphatic hydroxyl groups excluding tert-OH is 2. The number of hydrogen-bond donors (Lipinski definition) is 2. The minimum absolute atomic E-state index is 0.257. The number of ether oxygens (including phenoxy) is 1. The highest BCUT2D eigenvalue weighted by molar-refractivity contribution is 4.62. The van der Waals surface area contributed by atoms with Crippen molar-refractivity contribution in [3.05, 3.63) is 25.7 Å². The molecule has 0 saturated carbocycles. The van der Waals surface area contributed by atoms with Gasteiger partial charge in [0.2, 0.25) is 0 Å². The van der Waals surface area contributed by atoms with Crippen molar-refractivity contribution in [1.82, 2.24) is 0 Å². The minimum Gasteiger partial charge on any atom is -0.474 e. The lowest BCUT2D eigenvalue weighted by Gasteiger charge is -2.17. The molecule has 0 aliphatic heterocycles. The Labute approximate surface area is 99.4 Å². The van der Waals surface area contributed by atoms with Gasteiger partial charge in [-0.25, -0.2) is 0 Å². The molecule has 0 aromatic carbocycles. The van der Waals surface area contributed by atoms with Crippen LogP contribution in [0.2, 0.25) is 0 Å². The maximum absolute atomic E-state index is 8.88. The van der Waals surface area contributed by atoms with E-state index >= 15 is 0 Å².